The Morgan fingerprint density at radius 1 is 1.00 bits per heavy atom. The van der Waals surface area contributed by atoms with Gasteiger partial charge in [0.25, 0.3) is 0 Å². The highest BCUT2D eigenvalue weighted by Crippen LogP contribution is 2.30. The second-order valence-corrected chi connectivity index (χ2v) is 6.56. The second-order valence-electron chi connectivity index (χ2n) is 6.56. The molecule has 19 heavy (non-hydrogen) atoms. The Hall–Kier alpha value is -0.980. The first-order chi connectivity index (χ1) is 9.17. The lowest BCUT2D eigenvalue weighted by Gasteiger charge is -2.32. The molecule has 2 atom stereocenters. The third kappa shape index (κ3) is 4.56. The van der Waals surface area contributed by atoms with Crippen LogP contribution < -0.4 is 5.32 Å². The van der Waals surface area contributed by atoms with E-state index in [9.17, 15) is 0 Å². The van der Waals surface area contributed by atoms with E-state index in [0.29, 0.717) is 6.04 Å². The molecule has 1 aliphatic rings. The van der Waals surface area contributed by atoms with E-state index in [0.717, 1.165) is 11.8 Å². The first-order valence-electron chi connectivity index (χ1n) is 8.02. The van der Waals surface area contributed by atoms with E-state index in [2.05, 4.69) is 50.4 Å². The number of hydrogen-bond donors (Lipinski definition) is 1. The molecular formula is C18H29N. The summed E-state index contributed by atoms with van der Waals surface area (Å²) in [5.41, 5.74) is 2.77. The Labute approximate surface area is 118 Å². The summed E-state index contributed by atoms with van der Waals surface area (Å²) in [7, 11) is 0. The molecule has 0 radical (unpaired) electrons. The van der Waals surface area contributed by atoms with Gasteiger partial charge in [0.15, 0.2) is 0 Å². The molecule has 0 spiro atoms. The molecular weight excluding hydrogens is 230 g/mol. The maximum absolute atomic E-state index is 3.72. The maximum Gasteiger partial charge on any atom is 0.0342 e. The summed E-state index contributed by atoms with van der Waals surface area (Å²) >= 11 is 0. The number of anilines is 1. The molecule has 1 fully saturated rings. The Kier molecular flexibility index (Phi) is 5.30. The van der Waals surface area contributed by atoms with Gasteiger partial charge in [-0.3, -0.25) is 0 Å². The molecule has 1 saturated carbocycles. The summed E-state index contributed by atoms with van der Waals surface area (Å²) in [4.78, 5) is 0. The molecule has 1 N–H and O–H groups in total. The second kappa shape index (κ2) is 6.98. The lowest BCUT2D eigenvalue weighted by Crippen LogP contribution is -2.30. The molecule has 1 aromatic carbocycles. The van der Waals surface area contributed by atoms with Crippen molar-refractivity contribution in [1.29, 1.82) is 0 Å². The van der Waals surface area contributed by atoms with E-state index in [1.807, 2.05) is 0 Å². The van der Waals surface area contributed by atoms with Crippen LogP contribution in [-0.2, 0) is 6.42 Å². The first-order valence-corrected chi connectivity index (χ1v) is 8.02. The van der Waals surface area contributed by atoms with Crippen molar-refractivity contribution in [2.24, 2.45) is 11.8 Å². The molecule has 0 amide bonds. The number of nitrogens with one attached hydrogen (secondary N) is 1. The van der Waals surface area contributed by atoms with Crippen molar-refractivity contribution >= 4 is 5.69 Å². The minimum absolute atomic E-state index is 0.667. The predicted molar refractivity (Wildman–Crippen MR) is 84.6 cm³/mol. The van der Waals surface area contributed by atoms with Gasteiger partial charge in [-0.05, 0) is 61.6 Å². The van der Waals surface area contributed by atoms with E-state index in [4.69, 9.17) is 0 Å². The van der Waals surface area contributed by atoms with Crippen LogP contribution in [0.1, 0.15) is 58.4 Å². The number of rotatable bonds is 5. The standard InChI is InChI=1S/C18H29N/c1-4-5-6-16-7-9-17(10-8-16)19-18-12-14(2)11-15(3)13-18/h7-10,14-15,18-19H,4-6,11-13H2,1-3H3. The summed E-state index contributed by atoms with van der Waals surface area (Å²) in [6, 6.07) is 9.76. The minimum Gasteiger partial charge on any atom is -0.382 e. The Morgan fingerprint density at radius 3 is 2.21 bits per heavy atom. The van der Waals surface area contributed by atoms with Crippen LogP contribution in [0.25, 0.3) is 0 Å². The molecule has 106 valence electrons. The first kappa shape index (κ1) is 14.4. The SMILES string of the molecule is CCCCc1ccc(NC2CC(C)CC(C)C2)cc1. The molecule has 2 rings (SSSR count). The molecule has 1 heteroatoms. The smallest absolute Gasteiger partial charge is 0.0342 e. The molecule has 0 aromatic heterocycles. The summed E-state index contributed by atoms with van der Waals surface area (Å²) in [5, 5.41) is 3.72. The van der Waals surface area contributed by atoms with Gasteiger partial charge in [-0.2, -0.15) is 0 Å². The van der Waals surface area contributed by atoms with Crippen LogP contribution in [-0.4, -0.2) is 6.04 Å². The summed E-state index contributed by atoms with van der Waals surface area (Å²) in [5.74, 6) is 1.73. The number of aryl methyl sites for hydroxylation is 1. The lowest BCUT2D eigenvalue weighted by molar-refractivity contribution is 0.281. The van der Waals surface area contributed by atoms with Crippen molar-refractivity contribution in [3.63, 3.8) is 0 Å². The van der Waals surface area contributed by atoms with E-state index in [-0.39, 0.29) is 0 Å². The fourth-order valence-electron chi connectivity index (χ4n) is 3.45. The Morgan fingerprint density at radius 2 is 1.63 bits per heavy atom. The highest BCUT2D eigenvalue weighted by atomic mass is 14.9. The van der Waals surface area contributed by atoms with Crippen molar-refractivity contribution in [2.45, 2.75) is 65.3 Å². The van der Waals surface area contributed by atoms with E-state index in [1.165, 1.54) is 49.8 Å². The van der Waals surface area contributed by atoms with Crippen molar-refractivity contribution < 1.29 is 0 Å². The highest BCUT2D eigenvalue weighted by Gasteiger charge is 2.23. The van der Waals surface area contributed by atoms with Gasteiger partial charge in [0.2, 0.25) is 0 Å². The Balaban J connectivity index is 1.88. The van der Waals surface area contributed by atoms with Gasteiger partial charge in [-0.1, -0.05) is 39.3 Å². The fraction of sp³-hybridized carbons (Fsp3) is 0.667. The molecule has 0 heterocycles. The van der Waals surface area contributed by atoms with E-state index in [1.54, 1.807) is 0 Å². The molecule has 0 bridgehead atoms. The van der Waals surface area contributed by atoms with Crippen molar-refractivity contribution in [3.8, 4) is 0 Å². The molecule has 0 aliphatic heterocycles. The van der Waals surface area contributed by atoms with E-state index < -0.39 is 0 Å². The van der Waals surface area contributed by atoms with Crippen LogP contribution in [0.2, 0.25) is 0 Å². The third-order valence-electron chi connectivity index (χ3n) is 4.32. The predicted octanol–water partition coefficient (Wildman–Crippen LogP) is 5.27. The zero-order valence-electron chi connectivity index (χ0n) is 12.8. The number of benzene rings is 1. The van der Waals surface area contributed by atoms with Gasteiger partial charge in [0.1, 0.15) is 0 Å². The normalized spacial score (nSPS) is 27.2. The maximum atomic E-state index is 3.72. The zero-order valence-corrected chi connectivity index (χ0v) is 12.8. The average Bonchev–Trinajstić information content (AvgIpc) is 2.37. The van der Waals surface area contributed by atoms with Crippen molar-refractivity contribution in [3.05, 3.63) is 29.8 Å². The Bertz CT molecular complexity index is 358. The van der Waals surface area contributed by atoms with Crippen LogP contribution in [0.5, 0.6) is 0 Å². The summed E-state index contributed by atoms with van der Waals surface area (Å²) in [6.07, 6.45) is 7.83. The summed E-state index contributed by atoms with van der Waals surface area (Å²) in [6.45, 7) is 7.03. The van der Waals surface area contributed by atoms with Crippen molar-refractivity contribution in [1.82, 2.24) is 0 Å². The highest BCUT2D eigenvalue weighted by molar-refractivity contribution is 5.45. The summed E-state index contributed by atoms with van der Waals surface area (Å²) < 4.78 is 0. The van der Waals surface area contributed by atoms with Crippen LogP contribution >= 0.6 is 0 Å². The van der Waals surface area contributed by atoms with Crippen LogP contribution in [0.15, 0.2) is 24.3 Å². The zero-order chi connectivity index (χ0) is 13.7. The fourth-order valence-corrected chi connectivity index (χ4v) is 3.45. The van der Waals surface area contributed by atoms with Gasteiger partial charge in [0.05, 0.1) is 0 Å². The van der Waals surface area contributed by atoms with Gasteiger partial charge >= 0.3 is 0 Å². The topological polar surface area (TPSA) is 12.0 Å². The van der Waals surface area contributed by atoms with Crippen LogP contribution in [0.4, 0.5) is 5.69 Å². The van der Waals surface area contributed by atoms with Gasteiger partial charge in [-0.15, -0.1) is 0 Å². The molecule has 1 nitrogen and oxygen atoms in total. The largest absolute Gasteiger partial charge is 0.382 e. The number of unbranched alkanes of at least 4 members (excludes halogenated alkanes) is 1. The van der Waals surface area contributed by atoms with Crippen molar-refractivity contribution in [2.75, 3.05) is 5.32 Å². The van der Waals surface area contributed by atoms with Gasteiger partial charge in [-0.25, -0.2) is 0 Å². The molecule has 1 aromatic rings. The monoisotopic (exact) mass is 259 g/mol. The molecule has 1 aliphatic carbocycles. The van der Waals surface area contributed by atoms with Gasteiger partial charge < -0.3 is 5.32 Å². The lowest BCUT2D eigenvalue weighted by atomic mass is 9.80. The van der Waals surface area contributed by atoms with Crippen LogP contribution in [0, 0.1) is 11.8 Å². The average molecular weight is 259 g/mol. The third-order valence-corrected chi connectivity index (χ3v) is 4.32. The minimum atomic E-state index is 0.667. The molecule has 0 saturated heterocycles. The van der Waals surface area contributed by atoms with E-state index >= 15 is 0 Å². The van der Waals surface area contributed by atoms with Crippen LogP contribution in [0.3, 0.4) is 0 Å². The number of hydrogen-bond acceptors (Lipinski definition) is 1. The molecule has 2 unspecified atom stereocenters. The quantitative estimate of drug-likeness (QED) is 0.760. The van der Waals surface area contributed by atoms with Gasteiger partial charge in [0, 0.05) is 11.7 Å².